The zero-order valence-corrected chi connectivity index (χ0v) is 16.3. The third kappa shape index (κ3) is 3.66. The standard InChI is InChI=1S/C21H17NO6S/c1-27-17-8-6-15(7-9-17)22(16-10-11-29(25,26)13-16)20(23)18-12-14-4-2-3-5-19(14)28-21(18)24/h2-12,16H,13H2,1H3/t16-/m1/s1. The lowest BCUT2D eigenvalue weighted by atomic mass is 10.1. The molecule has 4 rings (SSSR count). The van der Waals surface area contributed by atoms with E-state index in [0.717, 1.165) is 5.41 Å². The summed E-state index contributed by atoms with van der Waals surface area (Å²) in [6.45, 7) is 0. The monoisotopic (exact) mass is 411 g/mol. The predicted octanol–water partition coefficient (Wildman–Crippen LogP) is 2.76. The molecule has 0 aliphatic carbocycles. The third-order valence-electron chi connectivity index (χ3n) is 4.68. The maximum absolute atomic E-state index is 13.4. The van der Waals surface area contributed by atoms with Crippen molar-refractivity contribution in [3.05, 3.63) is 82.1 Å². The Labute approximate surface area is 166 Å². The largest absolute Gasteiger partial charge is 0.497 e. The number of rotatable bonds is 4. The Morgan fingerprint density at radius 2 is 1.86 bits per heavy atom. The van der Waals surface area contributed by atoms with Crippen LogP contribution in [0.5, 0.6) is 5.75 Å². The smallest absolute Gasteiger partial charge is 0.349 e. The first-order valence-electron chi connectivity index (χ1n) is 8.79. The van der Waals surface area contributed by atoms with Gasteiger partial charge in [0, 0.05) is 16.5 Å². The molecule has 7 nitrogen and oxygen atoms in total. The summed E-state index contributed by atoms with van der Waals surface area (Å²) in [7, 11) is -1.90. The van der Waals surface area contributed by atoms with E-state index in [4.69, 9.17) is 9.15 Å². The second-order valence-corrected chi connectivity index (χ2v) is 8.52. The van der Waals surface area contributed by atoms with Gasteiger partial charge in [0.1, 0.15) is 16.9 Å². The van der Waals surface area contributed by atoms with Gasteiger partial charge in [-0.15, -0.1) is 0 Å². The summed E-state index contributed by atoms with van der Waals surface area (Å²) in [6, 6.07) is 14.2. The Morgan fingerprint density at radius 1 is 1.14 bits per heavy atom. The number of carbonyl (C=O) groups is 1. The van der Waals surface area contributed by atoms with Crippen molar-refractivity contribution in [1.29, 1.82) is 0 Å². The number of hydrogen-bond acceptors (Lipinski definition) is 6. The molecule has 2 aromatic carbocycles. The SMILES string of the molecule is COc1ccc(N(C(=O)c2cc3ccccc3oc2=O)[C@@H]2C=CS(=O)(=O)C2)cc1. The summed E-state index contributed by atoms with van der Waals surface area (Å²) in [5.74, 6) is -0.314. The van der Waals surface area contributed by atoms with Crippen molar-refractivity contribution in [3.63, 3.8) is 0 Å². The van der Waals surface area contributed by atoms with Gasteiger partial charge < -0.3 is 14.1 Å². The summed E-state index contributed by atoms with van der Waals surface area (Å²) in [5, 5.41) is 1.68. The summed E-state index contributed by atoms with van der Waals surface area (Å²) >= 11 is 0. The van der Waals surface area contributed by atoms with Crippen LogP contribution in [0.4, 0.5) is 5.69 Å². The van der Waals surface area contributed by atoms with Crippen molar-refractivity contribution in [2.75, 3.05) is 17.8 Å². The first-order valence-corrected chi connectivity index (χ1v) is 10.5. The van der Waals surface area contributed by atoms with E-state index in [1.54, 1.807) is 48.5 Å². The van der Waals surface area contributed by atoms with Crippen LogP contribution in [0, 0.1) is 0 Å². The number of benzene rings is 2. The normalized spacial score (nSPS) is 17.3. The Kier molecular flexibility index (Phi) is 4.71. The van der Waals surface area contributed by atoms with Crippen LogP contribution >= 0.6 is 0 Å². The fraction of sp³-hybridized carbons (Fsp3) is 0.143. The molecular weight excluding hydrogens is 394 g/mol. The number of ether oxygens (including phenoxy) is 1. The van der Waals surface area contributed by atoms with Crippen LogP contribution < -0.4 is 15.3 Å². The van der Waals surface area contributed by atoms with Gasteiger partial charge in [0.25, 0.3) is 5.91 Å². The topological polar surface area (TPSA) is 93.9 Å². The molecule has 0 bridgehead atoms. The number of amides is 1. The molecule has 0 N–H and O–H groups in total. The number of carbonyl (C=O) groups excluding carboxylic acids is 1. The van der Waals surface area contributed by atoms with Crippen LogP contribution in [0.2, 0.25) is 0 Å². The molecule has 3 aromatic rings. The van der Waals surface area contributed by atoms with E-state index in [2.05, 4.69) is 0 Å². The van der Waals surface area contributed by atoms with Crippen molar-refractivity contribution in [3.8, 4) is 5.75 Å². The lowest BCUT2D eigenvalue weighted by Crippen LogP contribution is -2.42. The molecule has 1 amide bonds. The van der Waals surface area contributed by atoms with E-state index in [1.165, 1.54) is 24.2 Å². The fourth-order valence-corrected chi connectivity index (χ4v) is 4.53. The second kappa shape index (κ2) is 7.21. The maximum atomic E-state index is 13.4. The zero-order valence-electron chi connectivity index (χ0n) is 15.4. The van der Waals surface area contributed by atoms with Gasteiger partial charge in [-0.3, -0.25) is 4.79 Å². The summed E-state index contributed by atoms with van der Waals surface area (Å²) < 4.78 is 34.3. The number of fused-ring (bicyclic) bond motifs is 1. The molecule has 148 valence electrons. The molecule has 1 aliphatic heterocycles. The highest BCUT2D eigenvalue weighted by atomic mass is 32.2. The number of para-hydroxylation sites is 1. The quantitative estimate of drug-likeness (QED) is 0.613. The Bertz CT molecular complexity index is 1270. The lowest BCUT2D eigenvalue weighted by molar-refractivity contribution is 0.0979. The van der Waals surface area contributed by atoms with Gasteiger partial charge >= 0.3 is 5.63 Å². The molecule has 0 fully saturated rings. The van der Waals surface area contributed by atoms with Crippen molar-refractivity contribution >= 4 is 32.4 Å². The minimum absolute atomic E-state index is 0.169. The highest BCUT2D eigenvalue weighted by Gasteiger charge is 2.33. The lowest BCUT2D eigenvalue weighted by Gasteiger charge is -2.27. The molecule has 0 radical (unpaired) electrons. The molecular formula is C21H17NO6S. The third-order valence-corrected chi connectivity index (χ3v) is 6.06. The van der Waals surface area contributed by atoms with Crippen LogP contribution in [0.1, 0.15) is 10.4 Å². The average molecular weight is 411 g/mol. The van der Waals surface area contributed by atoms with Crippen molar-refractivity contribution in [2.24, 2.45) is 0 Å². The van der Waals surface area contributed by atoms with E-state index in [9.17, 15) is 18.0 Å². The van der Waals surface area contributed by atoms with E-state index in [1.807, 2.05) is 0 Å². The first-order chi connectivity index (χ1) is 13.9. The van der Waals surface area contributed by atoms with Crippen LogP contribution in [-0.2, 0) is 9.84 Å². The molecule has 0 unspecified atom stereocenters. The van der Waals surface area contributed by atoms with E-state index < -0.39 is 27.4 Å². The molecule has 1 atom stereocenters. The maximum Gasteiger partial charge on any atom is 0.349 e. The van der Waals surface area contributed by atoms with Gasteiger partial charge in [0.2, 0.25) is 0 Å². The van der Waals surface area contributed by atoms with Gasteiger partial charge in [-0.2, -0.15) is 0 Å². The predicted molar refractivity (Wildman–Crippen MR) is 109 cm³/mol. The van der Waals surface area contributed by atoms with Gasteiger partial charge in [0.15, 0.2) is 9.84 Å². The summed E-state index contributed by atoms with van der Waals surface area (Å²) in [4.78, 5) is 27.1. The molecule has 0 saturated heterocycles. The molecule has 0 spiro atoms. The Morgan fingerprint density at radius 3 is 2.52 bits per heavy atom. The van der Waals surface area contributed by atoms with Crippen molar-refractivity contribution in [1.82, 2.24) is 0 Å². The zero-order chi connectivity index (χ0) is 20.6. The fourth-order valence-electron chi connectivity index (χ4n) is 3.26. The number of sulfone groups is 1. The minimum atomic E-state index is -3.42. The van der Waals surface area contributed by atoms with Crippen molar-refractivity contribution in [2.45, 2.75) is 6.04 Å². The highest BCUT2D eigenvalue weighted by molar-refractivity contribution is 7.94. The van der Waals surface area contributed by atoms with E-state index >= 15 is 0 Å². The van der Waals surface area contributed by atoms with E-state index in [0.29, 0.717) is 22.4 Å². The molecule has 1 aliphatic rings. The average Bonchev–Trinajstić information content (AvgIpc) is 3.07. The van der Waals surface area contributed by atoms with E-state index in [-0.39, 0.29) is 11.3 Å². The number of nitrogens with zero attached hydrogens (tertiary/aromatic N) is 1. The van der Waals surface area contributed by atoms with Crippen LogP contribution in [0.3, 0.4) is 0 Å². The van der Waals surface area contributed by atoms with Crippen molar-refractivity contribution < 1.29 is 22.4 Å². The molecule has 8 heteroatoms. The summed E-state index contributed by atoms with van der Waals surface area (Å²) in [5.41, 5.74) is -0.141. The van der Waals surface area contributed by atoms with Gasteiger partial charge in [-0.25, -0.2) is 13.2 Å². The molecule has 29 heavy (non-hydrogen) atoms. The molecule has 0 saturated carbocycles. The Hall–Kier alpha value is -3.39. The molecule has 2 heterocycles. The minimum Gasteiger partial charge on any atom is -0.497 e. The van der Waals surface area contributed by atoms with Crippen LogP contribution in [0.15, 0.2) is 75.3 Å². The number of methoxy groups -OCH3 is 1. The highest BCUT2D eigenvalue weighted by Crippen LogP contribution is 2.27. The second-order valence-electron chi connectivity index (χ2n) is 6.58. The van der Waals surface area contributed by atoms with Crippen LogP contribution in [0.25, 0.3) is 11.0 Å². The number of hydrogen-bond donors (Lipinski definition) is 0. The van der Waals surface area contributed by atoms with Gasteiger partial charge in [-0.05, 0) is 42.5 Å². The number of anilines is 1. The van der Waals surface area contributed by atoms with Gasteiger partial charge in [0.05, 0.1) is 18.9 Å². The first kappa shape index (κ1) is 18.9. The van der Waals surface area contributed by atoms with Crippen LogP contribution in [-0.4, -0.2) is 33.2 Å². The Balaban J connectivity index is 1.82. The summed E-state index contributed by atoms with van der Waals surface area (Å²) in [6.07, 6.45) is 1.44. The molecule has 1 aromatic heterocycles. The van der Waals surface area contributed by atoms with Gasteiger partial charge in [-0.1, -0.05) is 18.2 Å².